The molecule has 0 radical (unpaired) electrons. The highest BCUT2D eigenvalue weighted by Crippen LogP contribution is 2.11. The van der Waals surface area contributed by atoms with Gasteiger partial charge in [-0.25, -0.2) is 0 Å². The Morgan fingerprint density at radius 2 is 2.38 bits per heavy atom. The van der Waals surface area contributed by atoms with Crippen molar-refractivity contribution in [2.75, 3.05) is 26.3 Å². The predicted molar refractivity (Wildman–Crippen MR) is 64.0 cm³/mol. The topological polar surface area (TPSA) is 64.4 Å². The van der Waals surface area contributed by atoms with Crippen molar-refractivity contribution in [3.05, 3.63) is 0 Å². The van der Waals surface area contributed by atoms with Gasteiger partial charge >= 0.3 is 0 Å². The first-order valence-corrected chi connectivity index (χ1v) is 6.27. The van der Waals surface area contributed by atoms with Crippen molar-refractivity contribution in [3.63, 3.8) is 0 Å². The SMILES string of the molecule is CC(CCN)CCC(=O)NCC1CCOC1. The summed E-state index contributed by atoms with van der Waals surface area (Å²) in [6.45, 7) is 5.26. The van der Waals surface area contributed by atoms with Gasteiger partial charge in [0.1, 0.15) is 0 Å². The van der Waals surface area contributed by atoms with Crippen LogP contribution in [0.2, 0.25) is 0 Å². The largest absolute Gasteiger partial charge is 0.381 e. The van der Waals surface area contributed by atoms with Gasteiger partial charge in [0.25, 0.3) is 0 Å². The maximum atomic E-state index is 11.5. The zero-order valence-electron chi connectivity index (χ0n) is 10.2. The van der Waals surface area contributed by atoms with Crippen molar-refractivity contribution < 1.29 is 9.53 Å². The smallest absolute Gasteiger partial charge is 0.220 e. The number of nitrogens with one attached hydrogen (secondary N) is 1. The maximum absolute atomic E-state index is 11.5. The molecule has 0 aromatic carbocycles. The van der Waals surface area contributed by atoms with E-state index in [-0.39, 0.29) is 5.91 Å². The Kier molecular flexibility index (Phi) is 6.42. The molecule has 3 N–H and O–H groups in total. The van der Waals surface area contributed by atoms with Gasteiger partial charge in [-0.1, -0.05) is 6.92 Å². The molecule has 4 heteroatoms. The standard InChI is InChI=1S/C12H24N2O2/c1-10(4-6-13)2-3-12(15)14-8-11-5-7-16-9-11/h10-11H,2-9,13H2,1H3,(H,14,15). The van der Waals surface area contributed by atoms with Crippen LogP contribution in [-0.2, 0) is 9.53 Å². The molecule has 0 aromatic rings. The minimum atomic E-state index is 0.163. The van der Waals surface area contributed by atoms with Crippen LogP contribution < -0.4 is 11.1 Å². The summed E-state index contributed by atoms with van der Waals surface area (Å²) in [5.74, 6) is 1.23. The Balaban J connectivity index is 2.01. The molecular weight excluding hydrogens is 204 g/mol. The predicted octanol–water partition coefficient (Wildman–Crippen LogP) is 0.904. The van der Waals surface area contributed by atoms with Gasteiger partial charge in [0.2, 0.25) is 5.91 Å². The van der Waals surface area contributed by atoms with E-state index in [1.54, 1.807) is 0 Å². The Hall–Kier alpha value is -0.610. The van der Waals surface area contributed by atoms with Gasteiger partial charge < -0.3 is 15.8 Å². The number of amides is 1. The van der Waals surface area contributed by atoms with Crippen molar-refractivity contribution in [2.24, 2.45) is 17.6 Å². The normalized spacial score (nSPS) is 22.0. The average molecular weight is 228 g/mol. The van der Waals surface area contributed by atoms with Gasteiger partial charge in [-0.15, -0.1) is 0 Å². The first-order chi connectivity index (χ1) is 7.72. The summed E-state index contributed by atoms with van der Waals surface area (Å²) in [6.07, 6.45) is 3.63. The molecule has 2 unspecified atom stereocenters. The fourth-order valence-electron chi connectivity index (χ4n) is 1.90. The second-order valence-corrected chi connectivity index (χ2v) is 4.75. The van der Waals surface area contributed by atoms with Crippen molar-refractivity contribution in [3.8, 4) is 0 Å². The van der Waals surface area contributed by atoms with E-state index in [1.807, 2.05) is 0 Å². The zero-order chi connectivity index (χ0) is 11.8. The summed E-state index contributed by atoms with van der Waals surface area (Å²) in [5.41, 5.74) is 5.46. The zero-order valence-corrected chi connectivity index (χ0v) is 10.2. The van der Waals surface area contributed by atoms with Gasteiger partial charge in [-0.05, 0) is 31.7 Å². The minimum Gasteiger partial charge on any atom is -0.381 e. The number of carbonyl (C=O) groups is 1. The molecular formula is C12H24N2O2. The van der Waals surface area contributed by atoms with Crippen LogP contribution in [0.1, 0.15) is 32.6 Å². The number of nitrogens with two attached hydrogens (primary N) is 1. The molecule has 2 atom stereocenters. The highest BCUT2D eigenvalue weighted by Gasteiger charge is 2.16. The summed E-state index contributed by atoms with van der Waals surface area (Å²) >= 11 is 0. The molecule has 1 heterocycles. The summed E-state index contributed by atoms with van der Waals surface area (Å²) in [4.78, 5) is 11.5. The summed E-state index contributed by atoms with van der Waals surface area (Å²) in [7, 11) is 0. The van der Waals surface area contributed by atoms with Gasteiger partial charge in [0.15, 0.2) is 0 Å². The molecule has 0 bridgehead atoms. The van der Waals surface area contributed by atoms with Crippen LogP contribution in [0.15, 0.2) is 0 Å². The average Bonchev–Trinajstić information content (AvgIpc) is 2.77. The molecule has 16 heavy (non-hydrogen) atoms. The maximum Gasteiger partial charge on any atom is 0.220 e. The van der Waals surface area contributed by atoms with E-state index in [2.05, 4.69) is 12.2 Å². The number of carbonyl (C=O) groups excluding carboxylic acids is 1. The van der Waals surface area contributed by atoms with E-state index in [1.165, 1.54) is 0 Å². The number of rotatable bonds is 7. The molecule has 1 saturated heterocycles. The van der Waals surface area contributed by atoms with E-state index < -0.39 is 0 Å². The Labute approximate surface area is 97.9 Å². The first-order valence-electron chi connectivity index (χ1n) is 6.27. The van der Waals surface area contributed by atoms with Crippen LogP contribution in [0.25, 0.3) is 0 Å². The lowest BCUT2D eigenvalue weighted by molar-refractivity contribution is -0.121. The Morgan fingerprint density at radius 3 is 3.00 bits per heavy atom. The van der Waals surface area contributed by atoms with Crippen molar-refractivity contribution >= 4 is 5.91 Å². The van der Waals surface area contributed by atoms with Crippen LogP contribution in [0, 0.1) is 11.8 Å². The van der Waals surface area contributed by atoms with E-state index in [4.69, 9.17) is 10.5 Å². The van der Waals surface area contributed by atoms with E-state index >= 15 is 0 Å². The molecule has 0 aromatic heterocycles. The first kappa shape index (κ1) is 13.5. The van der Waals surface area contributed by atoms with Gasteiger partial charge in [0.05, 0.1) is 6.61 Å². The van der Waals surface area contributed by atoms with E-state index in [0.29, 0.717) is 24.8 Å². The van der Waals surface area contributed by atoms with Gasteiger partial charge in [0, 0.05) is 25.5 Å². The number of hydrogen-bond donors (Lipinski definition) is 2. The highest BCUT2D eigenvalue weighted by atomic mass is 16.5. The number of ether oxygens (including phenoxy) is 1. The molecule has 94 valence electrons. The monoisotopic (exact) mass is 228 g/mol. The minimum absolute atomic E-state index is 0.163. The van der Waals surface area contributed by atoms with Crippen LogP contribution in [0.5, 0.6) is 0 Å². The fraction of sp³-hybridized carbons (Fsp3) is 0.917. The van der Waals surface area contributed by atoms with Crippen LogP contribution in [-0.4, -0.2) is 32.2 Å². The van der Waals surface area contributed by atoms with Crippen molar-refractivity contribution in [1.82, 2.24) is 5.32 Å². The van der Waals surface area contributed by atoms with Crippen LogP contribution in [0.3, 0.4) is 0 Å². The summed E-state index contributed by atoms with van der Waals surface area (Å²) in [6, 6.07) is 0. The van der Waals surface area contributed by atoms with Crippen molar-refractivity contribution in [2.45, 2.75) is 32.6 Å². The fourth-order valence-corrected chi connectivity index (χ4v) is 1.90. The molecule has 1 fully saturated rings. The second-order valence-electron chi connectivity index (χ2n) is 4.75. The molecule has 1 aliphatic rings. The lowest BCUT2D eigenvalue weighted by Gasteiger charge is -2.11. The molecule has 1 rings (SSSR count). The van der Waals surface area contributed by atoms with E-state index in [0.717, 1.165) is 39.0 Å². The molecule has 1 amide bonds. The molecule has 0 saturated carbocycles. The third-order valence-corrected chi connectivity index (χ3v) is 3.14. The Morgan fingerprint density at radius 1 is 1.56 bits per heavy atom. The lowest BCUT2D eigenvalue weighted by Crippen LogP contribution is -2.29. The van der Waals surface area contributed by atoms with Gasteiger partial charge in [-0.3, -0.25) is 4.79 Å². The lowest BCUT2D eigenvalue weighted by atomic mass is 10.0. The molecule has 1 aliphatic heterocycles. The highest BCUT2D eigenvalue weighted by molar-refractivity contribution is 5.75. The van der Waals surface area contributed by atoms with Crippen LogP contribution in [0.4, 0.5) is 0 Å². The Bertz CT molecular complexity index is 203. The van der Waals surface area contributed by atoms with Crippen LogP contribution >= 0.6 is 0 Å². The summed E-state index contributed by atoms with van der Waals surface area (Å²) in [5, 5.41) is 2.97. The molecule has 0 spiro atoms. The third kappa shape index (κ3) is 5.47. The van der Waals surface area contributed by atoms with Crippen molar-refractivity contribution in [1.29, 1.82) is 0 Å². The molecule has 4 nitrogen and oxygen atoms in total. The van der Waals surface area contributed by atoms with E-state index in [9.17, 15) is 4.79 Å². The van der Waals surface area contributed by atoms with Gasteiger partial charge in [-0.2, -0.15) is 0 Å². The third-order valence-electron chi connectivity index (χ3n) is 3.14. The summed E-state index contributed by atoms with van der Waals surface area (Å²) < 4.78 is 5.25. The second kappa shape index (κ2) is 7.63. The number of hydrogen-bond acceptors (Lipinski definition) is 3. The quantitative estimate of drug-likeness (QED) is 0.680. The molecule has 0 aliphatic carbocycles.